The Morgan fingerprint density at radius 2 is 2.18 bits per heavy atom. The van der Waals surface area contributed by atoms with Crippen LogP contribution in [0.2, 0.25) is 5.02 Å². The third-order valence-electron chi connectivity index (χ3n) is 2.36. The van der Waals surface area contributed by atoms with Gasteiger partial charge in [-0.25, -0.2) is 0 Å². The van der Waals surface area contributed by atoms with Crippen LogP contribution >= 0.6 is 11.6 Å². The quantitative estimate of drug-likeness (QED) is 0.849. The summed E-state index contributed by atoms with van der Waals surface area (Å²) in [4.78, 5) is 11.6. The van der Waals surface area contributed by atoms with E-state index in [1.54, 1.807) is 26.3 Å². The molecule has 0 aliphatic heterocycles. The van der Waals surface area contributed by atoms with Gasteiger partial charge in [0.25, 0.3) is 0 Å². The number of hydrogen-bond donors (Lipinski definition) is 2. The van der Waals surface area contributed by atoms with Gasteiger partial charge in [0.1, 0.15) is 5.75 Å². The fourth-order valence-electron chi connectivity index (χ4n) is 1.37. The molecule has 0 spiro atoms. The first kappa shape index (κ1) is 13.8. The molecule has 1 aromatic carbocycles. The fourth-order valence-corrected chi connectivity index (χ4v) is 1.54. The average molecular weight is 257 g/mol. The summed E-state index contributed by atoms with van der Waals surface area (Å²) in [6, 6.07) is 3.50. The number of halogens is 1. The van der Waals surface area contributed by atoms with E-state index in [-0.39, 0.29) is 5.91 Å². The molecule has 1 aromatic rings. The van der Waals surface area contributed by atoms with Gasteiger partial charge < -0.3 is 15.4 Å². The van der Waals surface area contributed by atoms with Gasteiger partial charge in [0.2, 0.25) is 5.91 Å². The van der Waals surface area contributed by atoms with Gasteiger partial charge in [0.05, 0.1) is 12.8 Å². The Hall–Kier alpha value is -1.26. The number of benzene rings is 1. The summed E-state index contributed by atoms with van der Waals surface area (Å²) in [5.41, 5.74) is 1.51. The molecule has 0 radical (unpaired) electrons. The van der Waals surface area contributed by atoms with Crippen LogP contribution in [0, 0.1) is 6.92 Å². The predicted molar refractivity (Wildman–Crippen MR) is 69.9 cm³/mol. The highest BCUT2D eigenvalue weighted by Gasteiger charge is 2.09. The Morgan fingerprint density at radius 3 is 2.76 bits per heavy atom. The minimum Gasteiger partial charge on any atom is -0.495 e. The van der Waals surface area contributed by atoms with Crippen molar-refractivity contribution in [3.05, 3.63) is 22.7 Å². The molecule has 0 fully saturated rings. The van der Waals surface area contributed by atoms with E-state index >= 15 is 0 Å². The molecule has 5 heteroatoms. The molecule has 0 saturated carbocycles. The molecule has 0 heterocycles. The van der Waals surface area contributed by atoms with Crippen molar-refractivity contribution < 1.29 is 9.53 Å². The summed E-state index contributed by atoms with van der Waals surface area (Å²) in [6.45, 7) is 2.52. The van der Waals surface area contributed by atoms with Gasteiger partial charge in [-0.05, 0) is 31.7 Å². The molecule has 1 amide bonds. The molecule has 0 unspecified atom stereocenters. The van der Waals surface area contributed by atoms with Crippen molar-refractivity contribution in [2.45, 2.75) is 13.3 Å². The van der Waals surface area contributed by atoms with E-state index in [1.807, 2.05) is 6.92 Å². The van der Waals surface area contributed by atoms with Crippen molar-refractivity contribution >= 4 is 23.2 Å². The van der Waals surface area contributed by atoms with Gasteiger partial charge in [0, 0.05) is 18.0 Å². The zero-order valence-electron chi connectivity index (χ0n) is 10.3. The van der Waals surface area contributed by atoms with Crippen LogP contribution in [0.1, 0.15) is 12.0 Å². The molecular weight excluding hydrogens is 240 g/mol. The first-order valence-corrected chi connectivity index (χ1v) is 5.75. The second-order valence-electron chi connectivity index (χ2n) is 3.70. The highest BCUT2D eigenvalue weighted by molar-refractivity contribution is 6.31. The van der Waals surface area contributed by atoms with Crippen molar-refractivity contribution in [3.63, 3.8) is 0 Å². The standard InChI is InChI=1S/C12H17ClN2O2/c1-8-6-11(17-3)10(7-9(8)13)15-12(16)4-5-14-2/h6-7,14H,4-5H2,1-3H3,(H,15,16). The maximum absolute atomic E-state index is 11.6. The Morgan fingerprint density at radius 1 is 1.47 bits per heavy atom. The maximum atomic E-state index is 11.6. The summed E-state index contributed by atoms with van der Waals surface area (Å²) >= 11 is 6.01. The normalized spacial score (nSPS) is 10.1. The largest absolute Gasteiger partial charge is 0.495 e. The van der Waals surface area contributed by atoms with Gasteiger partial charge in [-0.2, -0.15) is 0 Å². The van der Waals surface area contributed by atoms with Gasteiger partial charge in [-0.1, -0.05) is 11.6 Å². The van der Waals surface area contributed by atoms with E-state index in [0.717, 1.165) is 5.56 Å². The number of methoxy groups -OCH3 is 1. The number of aryl methyl sites for hydroxylation is 1. The van der Waals surface area contributed by atoms with Crippen LogP contribution in [-0.4, -0.2) is 26.6 Å². The highest BCUT2D eigenvalue weighted by atomic mass is 35.5. The minimum atomic E-state index is -0.0717. The molecule has 0 bridgehead atoms. The Labute approximate surface area is 106 Å². The van der Waals surface area contributed by atoms with Crippen molar-refractivity contribution in [2.24, 2.45) is 0 Å². The van der Waals surface area contributed by atoms with E-state index in [4.69, 9.17) is 16.3 Å². The molecule has 4 nitrogen and oxygen atoms in total. The summed E-state index contributed by atoms with van der Waals surface area (Å²) in [5, 5.41) is 6.30. The van der Waals surface area contributed by atoms with Gasteiger partial charge in [0.15, 0.2) is 0 Å². The van der Waals surface area contributed by atoms with Crippen LogP contribution in [0.25, 0.3) is 0 Å². The number of rotatable bonds is 5. The molecule has 2 N–H and O–H groups in total. The zero-order chi connectivity index (χ0) is 12.8. The Balaban J connectivity index is 2.82. The lowest BCUT2D eigenvalue weighted by Gasteiger charge is -2.12. The Bertz CT molecular complexity index is 408. The lowest BCUT2D eigenvalue weighted by Crippen LogP contribution is -2.19. The van der Waals surface area contributed by atoms with Crippen LogP contribution in [0.5, 0.6) is 5.75 Å². The van der Waals surface area contributed by atoms with Crippen LogP contribution in [0.3, 0.4) is 0 Å². The second kappa shape index (κ2) is 6.47. The number of amides is 1. The first-order valence-electron chi connectivity index (χ1n) is 5.37. The monoisotopic (exact) mass is 256 g/mol. The van der Waals surface area contributed by atoms with E-state index in [0.29, 0.717) is 29.4 Å². The van der Waals surface area contributed by atoms with E-state index < -0.39 is 0 Å². The third-order valence-corrected chi connectivity index (χ3v) is 2.76. The SMILES string of the molecule is CNCCC(=O)Nc1cc(Cl)c(C)cc1OC. The highest BCUT2D eigenvalue weighted by Crippen LogP contribution is 2.30. The molecule has 0 saturated heterocycles. The van der Waals surface area contributed by atoms with E-state index in [2.05, 4.69) is 10.6 Å². The first-order chi connectivity index (χ1) is 8.08. The van der Waals surface area contributed by atoms with Gasteiger partial charge >= 0.3 is 0 Å². The van der Waals surface area contributed by atoms with Crippen molar-refractivity contribution in [3.8, 4) is 5.75 Å². The topological polar surface area (TPSA) is 50.4 Å². The fraction of sp³-hybridized carbons (Fsp3) is 0.417. The summed E-state index contributed by atoms with van der Waals surface area (Å²) in [7, 11) is 3.36. The predicted octanol–water partition coefficient (Wildman–Crippen LogP) is 2.21. The molecule has 0 atom stereocenters. The van der Waals surface area contributed by atoms with Crippen LogP contribution in [0.15, 0.2) is 12.1 Å². The van der Waals surface area contributed by atoms with E-state index in [1.165, 1.54) is 0 Å². The lowest BCUT2D eigenvalue weighted by molar-refractivity contribution is -0.116. The van der Waals surface area contributed by atoms with Crippen LogP contribution < -0.4 is 15.4 Å². The third kappa shape index (κ3) is 3.91. The molecule has 1 rings (SSSR count). The molecule has 0 aromatic heterocycles. The van der Waals surface area contributed by atoms with Crippen molar-refractivity contribution in [1.29, 1.82) is 0 Å². The number of anilines is 1. The number of carbonyl (C=O) groups is 1. The van der Waals surface area contributed by atoms with Gasteiger partial charge in [-0.3, -0.25) is 4.79 Å². The van der Waals surface area contributed by atoms with Crippen LogP contribution in [-0.2, 0) is 4.79 Å². The smallest absolute Gasteiger partial charge is 0.225 e. The number of carbonyl (C=O) groups excluding carboxylic acids is 1. The zero-order valence-corrected chi connectivity index (χ0v) is 11.0. The molecule has 94 valence electrons. The second-order valence-corrected chi connectivity index (χ2v) is 4.11. The average Bonchev–Trinajstić information content (AvgIpc) is 2.31. The van der Waals surface area contributed by atoms with Crippen molar-refractivity contribution in [2.75, 3.05) is 26.0 Å². The molecular formula is C12H17ClN2O2. The number of hydrogen-bond acceptors (Lipinski definition) is 3. The van der Waals surface area contributed by atoms with Crippen molar-refractivity contribution in [1.82, 2.24) is 5.32 Å². The number of ether oxygens (including phenoxy) is 1. The van der Waals surface area contributed by atoms with Crippen LogP contribution in [0.4, 0.5) is 5.69 Å². The lowest BCUT2D eigenvalue weighted by atomic mass is 10.2. The number of nitrogens with one attached hydrogen (secondary N) is 2. The Kier molecular flexibility index (Phi) is 5.25. The maximum Gasteiger partial charge on any atom is 0.225 e. The molecule has 0 aliphatic rings. The minimum absolute atomic E-state index is 0.0717. The summed E-state index contributed by atoms with van der Waals surface area (Å²) < 4.78 is 5.20. The molecule has 17 heavy (non-hydrogen) atoms. The van der Waals surface area contributed by atoms with Gasteiger partial charge in [-0.15, -0.1) is 0 Å². The summed E-state index contributed by atoms with van der Waals surface area (Å²) in [6.07, 6.45) is 0.408. The molecule has 0 aliphatic carbocycles. The van der Waals surface area contributed by atoms with E-state index in [9.17, 15) is 4.79 Å². The summed E-state index contributed by atoms with van der Waals surface area (Å²) in [5.74, 6) is 0.544.